The smallest absolute Gasteiger partial charge is 0.333 e. The molecule has 2 atom stereocenters. The second-order valence-electron chi connectivity index (χ2n) is 4.15. The lowest BCUT2D eigenvalue weighted by Crippen LogP contribution is -2.47. The van der Waals surface area contributed by atoms with Gasteiger partial charge in [-0.15, -0.1) is 0 Å². The molecule has 0 fully saturated rings. The van der Waals surface area contributed by atoms with E-state index in [-0.39, 0.29) is 6.61 Å². The zero-order valence-corrected chi connectivity index (χ0v) is 11.2. The summed E-state index contributed by atoms with van der Waals surface area (Å²) in [5, 5.41) is 16.5. The molecular formula is C11H14O7S. The second-order valence-corrected chi connectivity index (χ2v) is 5.85. The van der Waals surface area contributed by atoms with Gasteiger partial charge in [-0.25, -0.2) is 4.79 Å². The van der Waals surface area contributed by atoms with Crippen molar-refractivity contribution < 1.29 is 32.4 Å². The van der Waals surface area contributed by atoms with Crippen LogP contribution in [0.25, 0.3) is 0 Å². The van der Waals surface area contributed by atoms with Crippen LogP contribution >= 0.6 is 0 Å². The molecule has 0 aliphatic heterocycles. The zero-order chi connectivity index (χ0) is 14.8. The van der Waals surface area contributed by atoms with Crippen molar-refractivity contribution in [3.8, 4) is 0 Å². The van der Waals surface area contributed by atoms with Crippen LogP contribution in [0, 0.1) is 5.41 Å². The number of aliphatic carboxylic acids is 2. The van der Waals surface area contributed by atoms with Gasteiger partial charge in [-0.2, -0.15) is 8.42 Å². The summed E-state index contributed by atoms with van der Waals surface area (Å²) in [6.45, 7) is 2.35. The highest BCUT2D eigenvalue weighted by molar-refractivity contribution is 7.87. The lowest BCUT2D eigenvalue weighted by Gasteiger charge is -2.32. The number of hydrogen-bond acceptors (Lipinski definition) is 5. The summed E-state index contributed by atoms with van der Waals surface area (Å²) >= 11 is 0. The molecule has 0 amide bonds. The third-order valence-electron chi connectivity index (χ3n) is 2.82. The molecule has 0 heterocycles. The first-order valence-corrected chi connectivity index (χ1v) is 6.88. The molecule has 1 aliphatic rings. The minimum Gasteiger partial charge on any atom is -0.481 e. The van der Waals surface area contributed by atoms with E-state index in [1.165, 1.54) is 13.0 Å². The fourth-order valence-electron chi connectivity index (χ4n) is 1.90. The number of hydrogen-bond donors (Lipinski definition) is 2. The molecule has 0 aromatic heterocycles. The van der Waals surface area contributed by atoms with Crippen molar-refractivity contribution in [3.63, 3.8) is 0 Å². The molecule has 19 heavy (non-hydrogen) atoms. The predicted octanol–water partition coefficient (Wildman–Crippen LogP) is 0.393. The molecule has 1 aliphatic carbocycles. The topological polar surface area (TPSA) is 118 Å². The van der Waals surface area contributed by atoms with E-state index < -0.39 is 38.3 Å². The quantitative estimate of drug-likeness (QED) is 0.703. The summed E-state index contributed by atoms with van der Waals surface area (Å²) in [5.74, 6) is -2.94. The molecular weight excluding hydrogens is 276 g/mol. The Morgan fingerprint density at radius 2 is 2.00 bits per heavy atom. The number of carboxylic acid groups (broad SMARTS) is 2. The van der Waals surface area contributed by atoms with Gasteiger partial charge in [-0.05, 0) is 13.8 Å². The SMILES string of the molecule is CCOS(=O)(=O)C1C(C(=O)O)=CC=CC1(C)C(=O)O. The van der Waals surface area contributed by atoms with E-state index in [4.69, 9.17) is 5.11 Å². The highest BCUT2D eigenvalue weighted by atomic mass is 32.2. The molecule has 1 rings (SSSR count). The van der Waals surface area contributed by atoms with E-state index in [1.54, 1.807) is 0 Å². The van der Waals surface area contributed by atoms with E-state index in [0.29, 0.717) is 0 Å². The Bertz CT molecular complexity index is 558. The van der Waals surface area contributed by atoms with E-state index in [2.05, 4.69) is 4.18 Å². The molecule has 7 nitrogen and oxygen atoms in total. The van der Waals surface area contributed by atoms with E-state index >= 15 is 0 Å². The van der Waals surface area contributed by atoms with Crippen LogP contribution in [0.2, 0.25) is 0 Å². The monoisotopic (exact) mass is 290 g/mol. The minimum atomic E-state index is -4.36. The molecule has 0 aromatic carbocycles. The Kier molecular flexibility index (Phi) is 4.16. The summed E-state index contributed by atoms with van der Waals surface area (Å²) in [4.78, 5) is 22.4. The van der Waals surface area contributed by atoms with Crippen molar-refractivity contribution in [1.82, 2.24) is 0 Å². The summed E-state index contributed by atoms with van der Waals surface area (Å²) in [6, 6.07) is 0. The number of carbonyl (C=O) groups is 2. The van der Waals surface area contributed by atoms with Gasteiger partial charge in [0.15, 0.2) is 0 Å². The zero-order valence-electron chi connectivity index (χ0n) is 10.4. The van der Waals surface area contributed by atoms with Gasteiger partial charge in [0.2, 0.25) is 0 Å². The normalized spacial score (nSPS) is 26.8. The Morgan fingerprint density at radius 1 is 1.42 bits per heavy atom. The van der Waals surface area contributed by atoms with Gasteiger partial charge in [-0.1, -0.05) is 18.2 Å². The van der Waals surface area contributed by atoms with Crippen LogP contribution in [0.3, 0.4) is 0 Å². The molecule has 0 aromatic rings. The minimum absolute atomic E-state index is 0.203. The van der Waals surface area contributed by atoms with Crippen molar-refractivity contribution in [3.05, 3.63) is 23.8 Å². The Hall–Kier alpha value is -1.67. The molecule has 106 valence electrons. The van der Waals surface area contributed by atoms with Crippen molar-refractivity contribution in [2.45, 2.75) is 19.1 Å². The van der Waals surface area contributed by atoms with Crippen LogP contribution in [0.5, 0.6) is 0 Å². The van der Waals surface area contributed by atoms with E-state index in [9.17, 15) is 23.1 Å². The predicted molar refractivity (Wildman–Crippen MR) is 64.9 cm³/mol. The largest absolute Gasteiger partial charge is 0.481 e. The lowest BCUT2D eigenvalue weighted by atomic mass is 9.79. The third kappa shape index (κ3) is 2.69. The summed E-state index contributed by atoms with van der Waals surface area (Å²) in [7, 11) is -4.36. The average Bonchev–Trinajstić information content (AvgIpc) is 2.27. The number of carboxylic acids is 2. The highest BCUT2D eigenvalue weighted by Gasteiger charge is 2.52. The standard InChI is InChI=1S/C11H14O7S/c1-3-18-19(16,17)8-7(9(12)13)5-4-6-11(8,2)10(14)15/h4-6,8H,3H2,1-2H3,(H,12,13)(H,14,15). The summed E-state index contributed by atoms with van der Waals surface area (Å²) < 4.78 is 28.6. The maximum Gasteiger partial charge on any atom is 0.333 e. The molecule has 0 bridgehead atoms. The second kappa shape index (κ2) is 5.14. The highest BCUT2D eigenvalue weighted by Crippen LogP contribution is 2.38. The number of rotatable bonds is 5. The fourth-order valence-corrected chi connectivity index (χ4v) is 3.64. The average molecular weight is 290 g/mol. The van der Waals surface area contributed by atoms with Crippen LogP contribution in [-0.2, 0) is 23.9 Å². The number of allylic oxidation sites excluding steroid dienone is 2. The van der Waals surface area contributed by atoms with Gasteiger partial charge >= 0.3 is 11.9 Å². The fraction of sp³-hybridized carbons (Fsp3) is 0.455. The van der Waals surface area contributed by atoms with Crippen LogP contribution < -0.4 is 0 Å². The molecule has 0 spiro atoms. The van der Waals surface area contributed by atoms with Gasteiger partial charge < -0.3 is 10.2 Å². The first-order valence-electron chi connectivity index (χ1n) is 5.41. The first kappa shape index (κ1) is 15.4. The van der Waals surface area contributed by atoms with Crippen LogP contribution in [-0.4, -0.2) is 42.4 Å². The molecule has 0 saturated carbocycles. The molecule has 8 heteroatoms. The molecule has 2 N–H and O–H groups in total. The van der Waals surface area contributed by atoms with Gasteiger partial charge in [0.1, 0.15) is 10.7 Å². The Balaban J connectivity index is 3.47. The first-order chi connectivity index (χ1) is 8.66. The van der Waals surface area contributed by atoms with Crippen molar-refractivity contribution in [2.24, 2.45) is 5.41 Å². The third-order valence-corrected chi connectivity index (χ3v) is 4.71. The van der Waals surface area contributed by atoms with E-state index in [1.807, 2.05) is 0 Å². The molecule has 0 saturated heterocycles. The molecule has 2 unspecified atom stereocenters. The maximum atomic E-state index is 12.0. The van der Waals surface area contributed by atoms with Crippen molar-refractivity contribution >= 4 is 22.1 Å². The Morgan fingerprint density at radius 3 is 2.42 bits per heavy atom. The van der Waals surface area contributed by atoms with Gasteiger partial charge in [0, 0.05) is 0 Å². The van der Waals surface area contributed by atoms with Gasteiger partial charge in [0.25, 0.3) is 10.1 Å². The van der Waals surface area contributed by atoms with Gasteiger partial charge in [0.05, 0.1) is 12.2 Å². The van der Waals surface area contributed by atoms with Crippen LogP contribution in [0.15, 0.2) is 23.8 Å². The Labute approximate surface area is 110 Å². The van der Waals surface area contributed by atoms with Crippen LogP contribution in [0.4, 0.5) is 0 Å². The van der Waals surface area contributed by atoms with E-state index in [0.717, 1.165) is 19.1 Å². The van der Waals surface area contributed by atoms with Crippen molar-refractivity contribution in [1.29, 1.82) is 0 Å². The van der Waals surface area contributed by atoms with Crippen LogP contribution in [0.1, 0.15) is 13.8 Å². The molecule has 0 radical (unpaired) electrons. The van der Waals surface area contributed by atoms with Gasteiger partial charge in [-0.3, -0.25) is 8.98 Å². The summed E-state index contributed by atoms with van der Waals surface area (Å²) in [6.07, 6.45) is 3.42. The van der Waals surface area contributed by atoms with Crippen molar-refractivity contribution in [2.75, 3.05) is 6.61 Å². The summed E-state index contributed by atoms with van der Waals surface area (Å²) in [5.41, 5.74) is -2.42. The maximum absolute atomic E-state index is 12.0. The lowest BCUT2D eigenvalue weighted by molar-refractivity contribution is -0.145.